The van der Waals surface area contributed by atoms with E-state index >= 15 is 0 Å². The van der Waals surface area contributed by atoms with Crippen molar-refractivity contribution >= 4 is 5.91 Å². The van der Waals surface area contributed by atoms with Gasteiger partial charge in [0, 0.05) is 18.6 Å². The molecular weight excluding hydrogens is 350 g/mol. The molecule has 0 radical (unpaired) electrons. The van der Waals surface area contributed by atoms with Crippen molar-refractivity contribution < 1.29 is 9.21 Å². The molecule has 0 fully saturated rings. The zero-order valence-corrected chi connectivity index (χ0v) is 18.4. The van der Waals surface area contributed by atoms with Crippen molar-refractivity contribution in [2.24, 2.45) is 5.92 Å². The molecule has 2 rings (SSSR count). The molecule has 1 N–H and O–H groups in total. The Morgan fingerprint density at radius 3 is 2.54 bits per heavy atom. The molecule has 0 saturated carbocycles. The Kier molecular flexibility index (Phi) is 7.81. The number of nitrogens with one attached hydrogen (secondary N) is 1. The van der Waals surface area contributed by atoms with Gasteiger partial charge >= 0.3 is 0 Å². The van der Waals surface area contributed by atoms with Crippen LogP contribution in [0.5, 0.6) is 0 Å². The van der Waals surface area contributed by atoms with Crippen molar-refractivity contribution in [3.63, 3.8) is 0 Å². The van der Waals surface area contributed by atoms with Crippen LogP contribution in [0.25, 0.3) is 0 Å². The minimum Gasteiger partial charge on any atom is -0.447 e. The highest BCUT2D eigenvalue weighted by molar-refractivity contribution is 5.92. The quantitative estimate of drug-likeness (QED) is 0.669. The number of rotatable bonds is 9. The van der Waals surface area contributed by atoms with Gasteiger partial charge in [0.15, 0.2) is 5.69 Å². The summed E-state index contributed by atoms with van der Waals surface area (Å²) in [7, 11) is 0. The number of benzene rings is 1. The van der Waals surface area contributed by atoms with E-state index in [1.807, 2.05) is 13.8 Å². The zero-order valence-electron chi connectivity index (χ0n) is 18.4. The fraction of sp³-hybridized carbons (Fsp3) is 0.565. The Morgan fingerprint density at radius 2 is 1.89 bits per heavy atom. The molecule has 0 bridgehead atoms. The first-order chi connectivity index (χ1) is 13.2. The van der Waals surface area contributed by atoms with Crippen LogP contribution in [0.3, 0.4) is 0 Å². The van der Waals surface area contributed by atoms with E-state index in [1.165, 1.54) is 23.0 Å². The lowest BCUT2D eigenvalue weighted by Crippen LogP contribution is -2.36. The van der Waals surface area contributed by atoms with Gasteiger partial charge in [-0.15, -0.1) is 0 Å². The molecule has 0 spiro atoms. The minimum absolute atomic E-state index is 0.120. The molecule has 2 atom stereocenters. The van der Waals surface area contributed by atoms with Crippen LogP contribution in [-0.4, -0.2) is 27.9 Å². The third kappa shape index (κ3) is 5.93. The van der Waals surface area contributed by atoms with E-state index in [4.69, 9.17) is 4.42 Å². The van der Waals surface area contributed by atoms with Crippen molar-refractivity contribution in [2.75, 3.05) is 0 Å². The third-order valence-corrected chi connectivity index (χ3v) is 5.53. The van der Waals surface area contributed by atoms with E-state index in [1.54, 1.807) is 0 Å². The standard InChI is InChI=1S/C23H35N3O2/c1-8-18(6)24-23(27)21-14-28-22(25-21)13-26(19(7)15(2)3)12-20-11-16(4)9-10-17(20)5/h9-11,14-15,18-19H,8,12-13H2,1-7H3,(H,24,27)/t18-,19-/m0/s1. The Hall–Kier alpha value is -2.14. The predicted molar refractivity (Wildman–Crippen MR) is 113 cm³/mol. The highest BCUT2D eigenvalue weighted by atomic mass is 16.3. The molecule has 1 aromatic carbocycles. The Balaban J connectivity index is 2.17. The predicted octanol–water partition coefficient (Wildman–Crippen LogP) is 4.87. The lowest BCUT2D eigenvalue weighted by molar-refractivity contribution is 0.0934. The van der Waals surface area contributed by atoms with Crippen molar-refractivity contribution in [1.29, 1.82) is 0 Å². The maximum absolute atomic E-state index is 12.3. The zero-order chi connectivity index (χ0) is 20.8. The number of nitrogens with zero attached hydrogens (tertiary/aromatic N) is 2. The molecule has 2 aromatic rings. The van der Waals surface area contributed by atoms with Gasteiger partial charge in [-0.05, 0) is 51.2 Å². The third-order valence-electron chi connectivity index (χ3n) is 5.53. The highest BCUT2D eigenvalue weighted by Crippen LogP contribution is 2.20. The second kappa shape index (κ2) is 9.87. The molecule has 1 amide bonds. The lowest BCUT2D eigenvalue weighted by Gasteiger charge is -2.31. The molecule has 0 unspecified atom stereocenters. The van der Waals surface area contributed by atoms with E-state index in [0.717, 1.165) is 13.0 Å². The number of carbonyl (C=O) groups is 1. The van der Waals surface area contributed by atoms with Gasteiger partial charge in [0.25, 0.3) is 5.91 Å². The van der Waals surface area contributed by atoms with Crippen molar-refractivity contribution in [3.05, 3.63) is 52.7 Å². The van der Waals surface area contributed by atoms with Gasteiger partial charge < -0.3 is 9.73 Å². The highest BCUT2D eigenvalue weighted by Gasteiger charge is 2.22. The maximum atomic E-state index is 12.3. The number of aromatic nitrogens is 1. The number of amides is 1. The van der Waals surface area contributed by atoms with Crippen LogP contribution in [0.15, 0.2) is 28.9 Å². The van der Waals surface area contributed by atoms with Gasteiger partial charge in [-0.3, -0.25) is 9.69 Å². The summed E-state index contributed by atoms with van der Waals surface area (Å²) in [6, 6.07) is 7.03. The lowest BCUT2D eigenvalue weighted by atomic mass is 10.0. The van der Waals surface area contributed by atoms with Crippen LogP contribution < -0.4 is 5.32 Å². The minimum atomic E-state index is -0.178. The number of carbonyl (C=O) groups excluding carboxylic acids is 1. The Morgan fingerprint density at radius 1 is 1.18 bits per heavy atom. The average Bonchev–Trinajstić information content (AvgIpc) is 3.12. The second-order valence-corrected chi connectivity index (χ2v) is 8.23. The number of oxazole rings is 1. The topological polar surface area (TPSA) is 58.4 Å². The van der Waals surface area contributed by atoms with E-state index < -0.39 is 0 Å². The van der Waals surface area contributed by atoms with Crippen LogP contribution in [0.1, 0.15) is 74.1 Å². The van der Waals surface area contributed by atoms with Crippen molar-refractivity contribution in [2.45, 2.75) is 80.1 Å². The van der Waals surface area contributed by atoms with Gasteiger partial charge in [-0.25, -0.2) is 4.98 Å². The van der Waals surface area contributed by atoms with Gasteiger partial charge in [0.1, 0.15) is 6.26 Å². The Bertz CT molecular complexity index is 782. The van der Waals surface area contributed by atoms with E-state index in [-0.39, 0.29) is 11.9 Å². The average molecular weight is 386 g/mol. The summed E-state index contributed by atoms with van der Waals surface area (Å²) in [6.45, 7) is 16.4. The molecule has 28 heavy (non-hydrogen) atoms. The summed E-state index contributed by atoms with van der Waals surface area (Å²) < 4.78 is 5.64. The van der Waals surface area contributed by atoms with Crippen LogP contribution in [-0.2, 0) is 13.1 Å². The van der Waals surface area contributed by atoms with E-state index in [2.05, 4.69) is 68.0 Å². The van der Waals surface area contributed by atoms with Gasteiger partial charge in [-0.2, -0.15) is 0 Å². The molecule has 1 heterocycles. The fourth-order valence-corrected chi connectivity index (χ4v) is 3.02. The monoisotopic (exact) mass is 385 g/mol. The van der Waals surface area contributed by atoms with E-state index in [9.17, 15) is 4.79 Å². The Labute approximate surface area is 169 Å². The first-order valence-corrected chi connectivity index (χ1v) is 10.3. The molecular formula is C23H35N3O2. The van der Waals surface area contributed by atoms with Crippen LogP contribution >= 0.6 is 0 Å². The summed E-state index contributed by atoms with van der Waals surface area (Å²) in [5.74, 6) is 0.891. The summed E-state index contributed by atoms with van der Waals surface area (Å²) >= 11 is 0. The first-order valence-electron chi connectivity index (χ1n) is 10.3. The molecule has 0 saturated heterocycles. The van der Waals surface area contributed by atoms with Crippen LogP contribution in [0, 0.1) is 19.8 Å². The molecule has 0 aliphatic carbocycles. The molecule has 154 valence electrons. The normalized spacial score (nSPS) is 13.8. The molecule has 0 aliphatic heterocycles. The van der Waals surface area contributed by atoms with Gasteiger partial charge in [0.05, 0.1) is 6.54 Å². The smallest absolute Gasteiger partial charge is 0.273 e. The maximum Gasteiger partial charge on any atom is 0.273 e. The summed E-state index contributed by atoms with van der Waals surface area (Å²) in [4.78, 5) is 19.1. The summed E-state index contributed by atoms with van der Waals surface area (Å²) in [6.07, 6.45) is 2.34. The second-order valence-electron chi connectivity index (χ2n) is 8.23. The number of hydrogen-bond acceptors (Lipinski definition) is 4. The SMILES string of the molecule is CC[C@H](C)NC(=O)c1coc(CN(Cc2cc(C)ccc2C)[C@@H](C)C(C)C)n1. The van der Waals surface area contributed by atoms with Crippen LogP contribution in [0.4, 0.5) is 0 Å². The van der Waals surface area contributed by atoms with Crippen LogP contribution in [0.2, 0.25) is 0 Å². The van der Waals surface area contributed by atoms with E-state index in [0.29, 0.717) is 30.1 Å². The molecule has 5 nitrogen and oxygen atoms in total. The van der Waals surface area contributed by atoms with Crippen molar-refractivity contribution in [1.82, 2.24) is 15.2 Å². The number of hydrogen-bond donors (Lipinski definition) is 1. The molecule has 5 heteroatoms. The fourth-order valence-electron chi connectivity index (χ4n) is 3.02. The van der Waals surface area contributed by atoms with Crippen molar-refractivity contribution in [3.8, 4) is 0 Å². The molecule has 1 aromatic heterocycles. The first kappa shape index (κ1) is 22.2. The van der Waals surface area contributed by atoms with Gasteiger partial charge in [0.2, 0.25) is 5.89 Å². The largest absolute Gasteiger partial charge is 0.447 e. The number of aryl methyl sites for hydroxylation is 2. The molecule has 0 aliphatic rings. The summed E-state index contributed by atoms with van der Waals surface area (Å²) in [5, 5.41) is 2.93. The summed E-state index contributed by atoms with van der Waals surface area (Å²) in [5.41, 5.74) is 4.21. The van der Waals surface area contributed by atoms with Gasteiger partial charge in [-0.1, -0.05) is 44.5 Å².